The molecule has 5 aromatic heterocycles. The van der Waals surface area contributed by atoms with Gasteiger partial charge in [0.2, 0.25) is 0 Å². The van der Waals surface area contributed by atoms with Crippen LogP contribution in [-0.2, 0) is 0 Å². The van der Waals surface area contributed by atoms with Gasteiger partial charge < -0.3 is 16.0 Å². The van der Waals surface area contributed by atoms with Crippen molar-refractivity contribution in [3.05, 3.63) is 84.2 Å². The topological polar surface area (TPSA) is 129 Å². The van der Waals surface area contributed by atoms with Gasteiger partial charge >= 0.3 is 0 Å². The van der Waals surface area contributed by atoms with E-state index in [1.807, 2.05) is 29.6 Å². The molecule has 36 heavy (non-hydrogen) atoms. The molecule has 0 radical (unpaired) electrons. The molecule has 0 aromatic carbocycles. The fourth-order valence-corrected chi connectivity index (χ4v) is 4.40. The summed E-state index contributed by atoms with van der Waals surface area (Å²) in [6.07, 6.45) is 6.76. The van der Waals surface area contributed by atoms with E-state index in [9.17, 15) is 0 Å². The van der Waals surface area contributed by atoms with Crippen molar-refractivity contribution < 1.29 is 0 Å². The number of fused-ring (bicyclic) bond motifs is 1. The smallest absolute Gasteiger partial charge is 0.178 e. The first kappa shape index (κ1) is 23.4. The van der Waals surface area contributed by atoms with Crippen molar-refractivity contribution in [1.82, 2.24) is 24.9 Å². The van der Waals surface area contributed by atoms with Gasteiger partial charge in [-0.1, -0.05) is 33.4 Å². The molecule has 0 aliphatic heterocycles. The fourth-order valence-electron chi connectivity index (χ4n) is 3.64. The summed E-state index contributed by atoms with van der Waals surface area (Å²) in [4.78, 5) is 22.2. The highest BCUT2D eigenvalue weighted by Gasteiger charge is 2.18. The lowest BCUT2D eigenvalue weighted by atomic mass is 9.93. The Morgan fingerprint density at radius 1 is 1.14 bits per heavy atom. The first-order valence-electron chi connectivity index (χ1n) is 11.4. The maximum absolute atomic E-state index is 8.89. The summed E-state index contributed by atoms with van der Waals surface area (Å²) >= 11 is 1.64. The summed E-state index contributed by atoms with van der Waals surface area (Å²) in [5.41, 5.74) is 12.7. The molecule has 5 aromatic rings. The number of thiophene rings is 1. The maximum atomic E-state index is 8.89. The number of anilines is 2. The van der Waals surface area contributed by atoms with E-state index in [1.54, 1.807) is 42.2 Å². The first-order chi connectivity index (χ1) is 17.2. The van der Waals surface area contributed by atoms with Gasteiger partial charge in [-0.05, 0) is 29.6 Å². The van der Waals surface area contributed by atoms with Crippen LogP contribution in [-0.4, -0.2) is 30.6 Å². The lowest BCUT2D eigenvalue weighted by Gasteiger charge is -2.23. The lowest BCUT2D eigenvalue weighted by Crippen LogP contribution is -2.15. The molecule has 0 amide bonds. The van der Waals surface area contributed by atoms with E-state index >= 15 is 0 Å². The molecule has 180 valence electrons. The number of nitrogens with two attached hydrogens (primary N) is 1. The second kappa shape index (κ2) is 9.01. The van der Waals surface area contributed by atoms with Crippen LogP contribution in [0.4, 0.5) is 11.4 Å². The lowest BCUT2D eigenvalue weighted by molar-refractivity contribution is 0.509. The number of imidazole rings is 1. The van der Waals surface area contributed by atoms with Crippen molar-refractivity contribution in [3.63, 3.8) is 0 Å². The highest BCUT2D eigenvalue weighted by molar-refractivity contribution is 7.13. The van der Waals surface area contributed by atoms with Crippen LogP contribution < -0.4 is 11.1 Å². The Bertz CT molecular complexity index is 1590. The zero-order valence-corrected chi connectivity index (χ0v) is 21.1. The van der Waals surface area contributed by atoms with Gasteiger partial charge in [0.15, 0.2) is 11.5 Å². The Hall–Kier alpha value is -4.37. The van der Waals surface area contributed by atoms with Gasteiger partial charge in [0.25, 0.3) is 0 Å². The van der Waals surface area contributed by atoms with E-state index in [0.29, 0.717) is 28.4 Å². The number of pyridine rings is 3. The Morgan fingerprint density at radius 2 is 1.97 bits per heavy atom. The number of aromatic amines is 1. The SMILES string of the molecule is C=C(Nc1cncc(-c2cc(C(=N)c3nc4nccc(-c5cccs5)c4[nH]3)c(N)cn2)c1)C(C)(C)C. The molecule has 0 atom stereocenters. The van der Waals surface area contributed by atoms with Crippen LogP contribution in [0.3, 0.4) is 0 Å². The summed E-state index contributed by atoms with van der Waals surface area (Å²) in [7, 11) is 0. The highest BCUT2D eigenvalue weighted by Crippen LogP contribution is 2.31. The van der Waals surface area contributed by atoms with Crippen LogP contribution in [0.25, 0.3) is 32.9 Å². The number of aromatic nitrogens is 5. The number of H-pyrrole nitrogens is 1. The molecule has 5 rings (SSSR count). The van der Waals surface area contributed by atoms with Crippen LogP contribution in [0.2, 0.25) is 0 Å². The molecular formula is C27H26N8S. The van der Waals surface area contributed by atoms with E-state index < -0.39 is 0 Å². The predicted molar refractivity (Wildman–Crippen MR) is 147 cm³/mol. The van der Waals surface area contributed by atoms with Crippen molar-refractivity contribution in [1.29, 1.82) is 5.41 Å². The second-order valence-corrected chi connectivity index (χ2v) is 10.4. The quantitative estimate of drug-likeness (QED) is 0.211. The van der Waals surface area contributed by atoms with Gasteiger partial charge in [0, 0.05) is 45.1 Å². The van der Waals surface area contributed by atoms with Crippen LogP contribution in [0.5, 0.6) is 0 Å². The molecule has 0 spiro atoms. The average Bonchev–Trinajstić information content (AvgIpc) is 3.54. The monoisotopic (exact) mass is 494 g/mol. The molecule has 0 aliphatic rings. The number of nitrogens with one attached hydrogen (secondary N) is 3. The number of hydrogen-bond acceptors (Lipinski definition) is 8. The Balaban J connectivity index is 1.49. The number of rotatable bonds is 6. The normalized spacial score (nSPS) is 11.5. The van der Waals surface area contributed by atoms with Crippen LogP contribution >= 0.6 is 11.3 Å². The fraction of sp³-hybridized carbons (Fsp3) is 0.148. The molecule has 0 saturated carbocycles. The number of allylic oxidation sites excluding steroid dienone is 1. The summed E-state index contributed by atoms with van der Waals surface area (Å²) in [5.74, 6) is 0.389. The molecule has 0 bridgehead atoms. The molecule has 9 heteroatoms. The van der Waals surface area contributed by atoms with Crippen LogP contribution in [0.15, 0.2) is 72.8 Å². The van der Waals surface area contributed by atoms with E-state index in [4.69, 9.17) is 11.1 Å². The van der Waals surface area contributed by atoms with Crippen molar-refractivity contribution in [2.75, 3.05) is 11.1 Å². The minimum atomic E-state index is -0.0947. The molecular weight excluding hydrogens is 468 g/mol. The van der Waals surface area contributed by atoms with Gasteiger partial charge in [0.05, 0.1) is 35.0 Å². The highest BCUT2D eigenvalue weighted by atomic mass is 32.1. The Labute approximate surface area is 212 Å². The number of nitrogen functional groups attached to an aromatic ring is 1. The van der Waals surface area contributed by atoms with Gasteiger partial charge in [-0.3, -0.25) is 15.4 Å². The van der Waals surface area contributed by atoms with E-state index in [1.165, 1.54) is 0 Å². The first-order valence-corrected chi connectivity index (χ1v) is 12.2. The number of nitrogens with zero attached hydrogens (tertiary/aromatic N) is 4. The van der Waals surface area contributed by atoms with Crippen molar-refractivity contribution >= 4 is 39.6 Å². The van der Waals surface area contributed by atoms with Gasteiger partial charge in [0.1, 0.15) is 5.71 Å². The zero-order chi connectivity index (χ0) is 25.4. The van der Waals surface area contributed by atoms with E-state index in [0.717, 1.165) is 32.9 Å². The van der Waals surface area contributed by atoms with Gasteiger partial charge in [-0.25, -0.2) is 9.97 Å². The molecule has 0 unspecified atom stereocenters. The average molecular weight is 495 g/mol. The van der Waals surface area contributed by atoms with E-state index in [-0.39, 0.29) is 11.1 Å². The molecule has 0 saturated heterocycles. The second-order valence-electron chi connectivity index (χ2n) is 9.47. The van der Waals surface area contributed by atoms with Crippen molar-refractivity contribution in [2.24, 2.45) is 5.41 Å². The molecule has 5 heterocycles. The molecule has 0 fully saturated rings. The third-order valence-electron chi connectivity index (χ3n) is 5.85. The molecule has 5 N–H and O–H groups in total. The van der Waals surface area contributed by atoms with Crippen LogP contribution in [0.1, 0.15) is 32.2 Å². The third-order valence-corrected chi connectivity index (χ3v) is 6.76. The predicted octanol–water partition coefficient (Wildman–Crippen LogP) is 6.11. The summed E-state index contributed by atoms with van der Waals surface area (Å²) < 4.78 is 0. The van der Waals surface area contributed by atoms with Gasteiger partial charge in [-0.2, -0.15) is 0 Å². The summed E-state index contributed by atoms with van der Waals surface area (Å²) in [6.45, 7) is 10.4. The maximum Gasteiger partial charge on any atom is 0.178 e. The zero-order valence-electron chi connectivity index (χ0n) is 20.3. The number of hydrogen-bond donors (Lipinski definition) is 4. The summed E-state index contributed by atoms with van der Waals surface area (Å²) in [5, 5.41) is 14.2. The van der Waals surface area contributed by atoms with Crippen molar-refractivity contribution in [3.8, 4) is 21.7 Å². The third kappa shape index (κ3) is 4.48. The van der Waals surface area contributed by atoms with E-state index in [2.05, 4.69) is 57.6 Å². The standard InChI is InChI=1S/C27H26N8S/c1-15(27(2,3)4)33-17-10-16(12-30-13-17)21-11-19(20(28)14-32-21)23(29)25-34-24-18(22-6-5-9-36-22)7-8-31-26(24)35-25/h5-14,29,33H,1,28H2,2-4H3,(H,31,34,35). The Morgan fingerprint density at radius 3 is 2.72 bits per heavy atom. The Kier molecular flexibility index (Phi) is 5.85. The molecule has 8 nitrogen and oxygen atoms in total. The van der Waals surface area contributed by atoms with Gasteiger partial charge in [-0.15, -0.1) is 11.3 Å². The van der Waals surface area contributed by atoms with Crippen LogP contribution in [0, 0.1) is 10.8 Å². The minimum Gasteiger partial charge on any atom is -0.397 e. The van der Waals surface area contributed by atoms with Crippen molar-refractivity contribution in [2.45, 2.75) is 20.8 Å². The largest absolute Gasteiger partial charge is 0.397 e. The molecule has 0 aliphatic carbocycles. The minimum absolute atomic E-state index is 0.0947. The summed E-state index contributed by atoms with van der Waals surface area (Å²) in [6, 6.07) is 9.74.